The van der Waals surface area contributed by atoms with Crippen LogP contribution in [0.15, 0.2) is 0 Å². The van der Waals surface area contributed by atoms with Crippen molar-refractivity contribution in [2.24, 2.45) is 5.92 Å². The summed E-state index contributed by atoms with van der Waals surface area (Å²) in [4.78, 5) is 0. The SMILES string of the molecule is CCCCCCCCCCCC(CC1CCCC1)NCC. The van der Waals surface area contributed by atoms with Crippen LogP contribution < -0.4 is 5.32 Å². The third kappa shape index (κ3) is 10.3. The van der Waals surface area contributed by atoms with Crippen molar-refractivity contribution < 1.29 is 0 Å². The van der Waals surface area contributed by atoms with Crippen LogP contribution in [0, 0.1) is 5.92 Å². The molecule has 1 saturated carbocycles. The Balaban J connectivity index is 1.94. The molecule has 1 nitrogen and oxygen atoms in total. The highest BCUT2D eigenvalue weighted by atomic mass is 14.9. The van der Waals surface area contributed by atoms with Gasteiger partial charge >= 0.3 is 0 Å². The molecule has 1 atom stereocenters. The van der Waals surface area contributed by atoms with Crippen LogP contribution in [0.1, 0.15) is 110 Å². The molecule has 0 bridgehead atoms. The second kappa shape index (κ2) is 13.6. The van der Waals surface area contributed by atoms with Crippen molar-refractivity contribution >= 4 is 0 Å². The van der Waals surface area contributed by atoms with Gasteiger partial charge in [-0.2, -0.15) is 0 Å². The molecule has 0 heterocycles. The van der Waals surface area contributed by atoms with Crippen LogP contribution in [0.3, 0.4) is 0 Å². The minimum absolute atomic E-state index is 0.808. The maximum atomic E-state index is 3.73. The average Bonchev–Trinajstić information content (AvgIpc) is 2.98. The molecule has 0 aromatic carbocycles. The largest absolute Gasteiger partial charge is 0.314 e. The van der Waals surface area contributed by atoms with E-state index in [-0.39, 0.29) is 0 Å². The van der Waals surface area contributed by atoms with E-state index < -0.39 is 0 Å². The minimum Gasteiger partial charge on any atom is -0.314 e. The van der Waals surface area contributed by atoms with E-state index in [0.29, 0.717) is 0 Å². The number of nitrogens with one attached hydrogen (secondary N) is 1. The van der Waals surface area contributed by atoms with E-state index in [2.05, 4.69) is 19.2 Å². The highest BCUT2D eigenvalue weighted by Crippen LogP contribution is 2.29. The monoisotopic (exact) mass is 295 g/mol. The molecule has 1 aliphatic carbocycles. The lowest BCUT2D eigenvalue weighted by Gasteiger charge is -2.21. The molecule has 1 aliphatic rings. The smallest absolute Gasteiger partial charge is 0.00695 e. The second-order valence-corrected chi connectivity index (χ2v) is 7.26. The van der Waals surface area contributed by atoms with Crippen molar-refractivity contribution in [3.05, 3.63) is 0 Å². The fourth-order valence-corrected chi connectivity index (χ4v) is 3.94. The van der Waals surface area contributed by atoms with Crippen LogP contribution in [0.25, 0.3) is 0 Å². The van der Waals surface area contributed by atoms with Gasteiger partial charge in [-0.05, 0) is 25.3 Å². The summed E-state index contributed by atoms with van der Waals surface area (Å²) in [5.41, 5.74) is 0. The molecule has 0 aliphatic heterocycles. The molecule has 1 fully saturated rings. The summed E-state index contributed by atoms with van der Waals surface area (Å²) in [6.07, 6.45) is 21.9. The lowest BCUT2D eigenvalue weighted by molar-refractivity contribution is 0.365. The zero-order valence-corrected chi connectivity index (χ0v) is 15.0. The maximum absolute atomic E-state index is 3.73. The van der Waals surface area contributed by atoms with Gasteiger partial charge in [0.05, 0.1) is 0 Å². The predicted molar refractivity (Wildman–Crippen MR) is 95.9 cm³/mol. The highest BCUT2D eigenvalue weighted by molar-refractivity contribution is 4.75. The molecule has 0 spiro atoms. The van der Waals surface area contributed by atoms with Gasteiger partial charge in [0, 0.05) is 6.04 Å². The third-order valence-electron chi connectivity index (χ3n) is 5.24. The van der Waals surface area contributed by atoms with Gasteiger partial charge in [-0.15, -0.1) is 0 Å². The molecular formula is C20H41N. The van der Waals surface area contributed by atoms with Gasteiger partial charge in [0.2, 0.25) is 0 Å². The van der Waals surface area contributed by atoms with Crippen LogP contribution in [0.4, 0.5) is 0 Å². The van der Waals surface area contributed by atoms with Gasteiger partial charge < -0.3 is 5.32 Å². The van der Waals surface area contributed by atoms with Crippen LogP contribution in [0.2, 0.25) is 0 Å². The molecule has 0 radical (unpaired) electrons. The number of hydrogen-bond acceptors (Lipinski definition) is 1. The Morgan fingerprint density at radius 1 is 0.810 bits per heavy atom. The zero-order chi connectivity index (χ0) is 15.2. The molecule has 21 heavy (non-hydrogen) atoms. The quantitative estimate of drug-likeness (QED) is 0.362. The first-order valence-electron chi connectivity index (χ1n) is 10.1. The fraction of sp³-hybridized carbons (Fsp3) is 1.00. The van der Waals surface area contributed by atoms with E-state index in [4.69, 9.17) is 0 Å². The van der Waals surface area contributed by atoms with E-state index in [0.717, 1.165) is 18.5 Å². The lowest BCUT2D eigenvalue weighted by atomic mass is 9.94. The van der Waals surface area contributed by atoms with Crippen molar-refractivity contribution in [2.45, 2.75) is 116 Å². The normalized spacial score (nSPS) is 17.4. The molecular weight excluding hydrogens is 254 g/mol. The second-order valence-electron chi connectivity index (χ2n) is 7.26. The standard InChI is InChI=1S/C20H41N/c1-3-5-6-7-8-9-10-11-12-17-20(21-4-2)18-19-15-13-14-16-19/h19-21H,3-18H2,1-2H3. The van der Waals surface area contributed by atoms with E-state index >= 15 is 0 Å². The summed E-state index contributed by atoms with van der Waals surface area (Å²) < 4.78 is 0. The number of unbranched alkanes of at least 4 members (excludes halogenated alkanes) is 8. The zero-order valence-electron chi connectivity index (χ0n) is 15.0. The van der Waals surface area contributed by atoms with Gasteiger partial charge in [-0.1, -0.05) is 97.3 Å². The molecule has 1 unspecified atom stereocenters. The number of rotatable bonds is 14. The first-order valence-corrected chi connectivity index (χ1v) is 10.1. The summed E-state index contributed by atoms with van der Waals surface area (Å²) in [5, 5.41) is 3.73. The first kappa shape index (κ1) is 19.0. The Labute approximate surface area is 134 Å². The van der Waals surface area contributed by atoms with E-state index in [1.807, 2.05) is 0 Å². The Morgan fingerprint density at radius 3 is 1.95 bits per heavy atom. The van der Waals surface area contributed by atoms with Crippen LogP contribution in [-0.2, 0) is 0 Å². The van der Waals surface area contributed by atoms with Crippen molar-refractivity contribution in [3.8, 4) is 0 Å². The van der Waals surface area contributed by atoms with Crippen molar-refractivity contribution in [2.75, 3.05) is 6.54 Å². The molecule has 0 saturated heterocycles. The molecule has 1 heteroatoms. The summed E-state index contributed by atoms with van der Waals surface area (Å²) in [6.45, 7) is 5.71. The summed E-state index contributed by atoms with van der Waals surface area (Å²) >= 11 is 0. The Hall–Kier alpha value is -0.0400. The van der Waals surface area contributed by atoms with E-state index in [1.54, 1.807) is 0 Å². The Kier molecular flexibility index (Phi) is 12.3. The molecule has 1 rings (SSSR count). The van der Waals surface area contributed by atoms with Gasteiger partial charge in [-0.3, -0.25) is 0 Å². The lowest BCUT2D eigenvalue weighted by Crippen LogP contribution is -2.30. The molecule has 0 aromatic heterocycles. The van der Waals surface area contributed by atoms with Crippen molar-refractivity contribution in [1.29, 1.82) is 0 Å². The maximum Gasteiger partial charge on any atom is 0.00695 e. The van der Waals surface area contributed by atoms with Gasteiger partial charge in [0.15, 0.2) is 0 Å². The predicted octanol–water partition coefficient (Wildman–Crippen LogP) is 6.47. The average molecular weight is 296 g/mol. The highest BCUT2D eigenvalue weighted by Gasteiger charge is 2.19. The third-order valence-corrected chi connectivity index (χ3v) is 5.24. The summed E-state index contributed by atoms with van der Waals surface area (Å²) in [5.74, 6) is 1.03. The molecule has 126 valence electrons. The van der Waals surface area contributed by atoms with Crippen LogP contribution in [0.5, 0.6) is 0 Å². The van der Waals surface area contributed by atoms with Gasteiger partial charge in [0.1, 0.15) is 0 Å². The van der Waals surface area contributed by atoms with E-state index in [9.17, 15) is 0 Å². The minimum atomic E-state index is 0.808. The van der Waals surface area contributed by atoms with Crippen LogP contribution >= 0.6 is 0 Å². The fourth-order valence-electron chi connectivity index (χ4n) is 3.94. The Bertz CT molecular complexity index is 208. The molecule has 0 aromatic rings. The van der Waals surface area contributed by atoms with E-state index in [1.165, 1.54) is 96.3 Å². The summed E-state index contributed by atoms with van der Waals surface area (Å²) in [7, 11) is 0. The molecule has 1 N–H and O–H groups in total. The van der Waals surface area contributed by atoms with Crippen molar-refractivity contribution in [1.82, 2.24) is 5.32 Å². The van der Waals surface area contributed by atoms with Crippen LogP contribution in [-0.4, -0.2) is 12.6 Å². The Morgan fingerprint density at radius 2 is 1.38 bits per heavy atom. The van der Waals surface area contributed by atoms with Gasteiger partial charge in [-0.25, -0.2) is 0 Å². The van der Waals surface area contributed by atoms with Crippen molar-refractivity contribution in [3.63, 3.8) is 0 Å². The summed E-state index contributed by atoms with van der Waals surface area (Å²) in [6, 6.07) is 0.808. The van der Waals surface area contributed by atoms with Gasteiger partial charge in [0.25, 0.3) is 0 Å². The number of hydrogen-bond donors (Lipinski definition) is 1. The first-order chi connectivity index (χ1) is 10.4. The molecule has 0 amide bonds. The topological polar surface area (TPSA) is 12.0 Å².